The van der Waals surface area contributed by atoms with Gasteiger partial charge in [0, 0.05) is 26.7 Å². The van der Waals surface area contributed by atoms with Crippen LogP contribution in [-0.4, -0.2) is 14.6 Å². The molecule has 45 heavy (non-hydrogen) atoms. The summed E-state index contributed by atoms with van der Waals surface area (Å²) in [5, 5.41) is 36.6. The first kappa shape index (κ1) is 31.9. The zero-order valence-corrected chi connectivity index (χ0v) is 28.4. The van der Waals surface area contributed by atoms with Gasteiger partial charge in [-0.15, -0.1) is 0 Å². The van der Waals surface area contributed by atoms with E-state index in [0.29, 0.717) is 39.8 Å². The SMILES string of the molecule is C[C@@H](Nc1c(Cl)c(N[C@H](C)c2cccc3ccccc23)c(C#N)c(NCCC[Si](C)(C)C)c1C#N)c1cccc2ccccc12. The average Bonchev–Trinajstić information content (AvgIpc) is 3.04. The number of hydrogen-bond donors (Lipinski definition) is 3. The lowest BCUT2D eigenvalue weighted by Gasteiger charge is -2.26. The lowest BCUT2D eigenvalue weighted by Crippen LogP contribution is -2.21. The molecule has 5 nitrogen and oxygen atoms in total. The van der Waals surface area contributed by atoms with E-state index < -0.39 is 8.07 Å². The molecule has 0 saturated carbocycles. The molecule has 0 unspecified atom stereocenters. The summed E-state index contributed by atoms with van der Waals surface area (Å²) in [5.74, 6) is 0. The van der Waals surface area contributed by atoms with Crippen molar-refractivity contribution in [1.82, 2.24) is 0 Å². The van der Waals surface area contributed by atoms with Crippen LogP contribution in [0.2, 0.25) is 30.7 Å². The molecule has 0 fully saturated rings. The second kappa shape index (κ2) is 13.7. The third-order valence-corrected chi connectivity index (χ3v) is 10.6. The molecule has 5 aromatic rings. The Morgan fingerprint density at radius 3 is 1.56 bits per heavy atom. The Hall–Kier alpha value is -4.49. The minimum absolute atomic E-state index is 0.170. The monoisotopic (exact) mass is 629 g/mol. The van der Waals surface area contributed by atoms with Gasteiger partial charge in [0.15, 0.2) is 0 Å². The van der Waals surface area contributed by atoms with Crippen LogP contribution >= 0.6 is 11.6 Å². The Labute approximate surface area is 272 Å². The zero-order chi connectivity index (χ0) is 32.1. The smallest absolute Gasteiger partial charge is 0.104 e. The third kappa shape index (κ3) is 6.94. The van der Waals surface area contributed by atoms with Gasteiger partial charge in [-0.2, -0.15) is 10.5 Å². The molecule has 2 atom stereocenters. The minimum Gasteiger partial charge on any atom is -0.383 e. The molecule has 0 aliphatic rings. The maximum Gasteiger partial charge on any atom is 0.104 e. The molecule has 0 radical (unpaired) electrons. The van der Waals surface area contributed by atoms with E-state index in [9.17, 15) is 10.5 Å². The van der Waals surface area contributed by atoms with Crippen LogP contribution in [0.4, 0.5) is 17.1 Å². The van der Waals surface area contributed by atoms with Gasteiger partial charge in [0.05, 0.1) is 22.1 Å². The second-order valence-corrected chi connectivity index (χ2v) is 18.9. The number of hydrogen-bond acceptors (Lipinski definition) is 5. The van der Waals surface area contributed by atoms with Gasteiger partial charge in [-0.1, -0.05) is 122 Å². The van der Waals surface area contributed by atoms with E-state index in [1.165, 1.54) is 0 Å². The number of nitrogens with one attached hydrogen (secondary N) is 3. The van der Waals surface area contributed by atoms with Gasteiger partial charge in [0.1, 0.15) is 23.3 Å². The van der Waals surface area contributed by atoms with Crippen molar-refractivity contribution < 1.29 is 0 Å². The number of nitriles is 2. The van der Waals surface area contributed by atoms with E-state index in [1.54, 1.807) is 0 Å². The van der Waals surface area contributed by atoms with Crippen molar-refractivity contribution in [3.8, 4) is 12.1 Å². The lowest BCUT2D eigenvalue weighted by atomic mass is 9.97. The molecule has 0 aliphatic carbocycles. The van der Waals surface area contributed by atoms with Crippen molar-refractivity contribution in [3.63, 3.8) is 0 Å². The van der Waals surface area contributed by atoms with E-state index in [4.69, 9.17) is 11.6 Å². The molecule has 5 rings (SSSR count). The van der Waals surface area contributed by atoms with Crippen LogP contribution in [0.25, 0.3) is 21.5 Å². The molecule has 0 aliphatic heterocycles. The quantitative estimate of drug-likeness (QED) is 0.0999. The topological polar surface area (TPSA) is 83.7 Å². The van der Waals surface area contributed by atoms with Crippen molar-refractivity contribution in [1.29, 1.82) is 10.5 Å². The molecule has 7 heteroatoms. The van der Waals surface area contributed by atoms with Crippen LogP contribution in [0.3, 0.4) is 0 Å². The highest BCUT2D eigenvalue weighted by Gasteiger charge is 2.26. The summed E-state index contributed by atoms with van der Waals surface area (Å²) in [7, 11) is -1.25. The van der Waals surface area contributed by atoms with E-state index in [0.717, 1.165) is 45.1 Å². The van der Waals surface area contributed by atoms with Crippen molar-refractivity contribution in [2.24, 2.45) is 0 Å². The van der Waals surface area contributed by atoms with Crippen LogP contribution in [0, 0.1) is 22.7 Å². The Bertz CT molecular complexity index is 1800. The highest BCUT2D eigenvalue weighted by Crippen LogP contribution is 2.45. The van der Waals surface area contributed by atoms with Gasteiger partial charge < -0.3 is 16.0 Å². The van der Waals surface area contributed by atoms with Gasteiger partial charge in [0.25, 0.3) is 0 Å². The summed E-state index contributed by atoms with van der Waals surface area (Å²) in [6.07, 6.45) is 0.957. The van der Waals surface area contributed by atoms with E-state index in [-0.39, 0.29) is 12.1 Å². The van der Waals surface area contributed by atoms with Gasteiger partial charge in [-0.25, -0.2) is 0 Å². The first-order chi connectivity index (χ1) is 21.6. The molecule has 5 aromatic carbocycles. The summed E-state index contributed by atoms with van der Waals surface area (Å²) in [4.78, 5) is 0. The van der Waals surface area contributed by atoms with Crippen molar-refractivity contribution in [3.05, 3.63) is 112 Å². The number of nitrogens with zero attached hydrogens (tertiary/aromatic N) is 2. The van der Waals surface area contributed by atoms with Crippen molar-refractivity contribution >= 4 is 58.3 Å². The van der Waals surface area contributed by atoms with Crippen molar-refractivity contribution in [2.45, 2.75) is 58.0 Å². The Kier molecular flexibility index (Phi) is 9.68. The normalized spacial score (nSPS) is 12.7. The van der Waals surface area contributed by atoms with Crippen LogP contribution in [0.5, 0.6) is 0 Å². The minimum atomic E-state index is -1.25. The summed E-state index contributed by atoms with van der Waals surface area (Å²) in [6, 6.07) is 34.6. The van der Waals surface area contributed by atoms with E-state index in [1.807, 2.05) is 36.4 Å². The molecular formula is C38H40ClN5Si. The Morgan fingerprint density at radius 2 is 1.11 bits per heavy atom. The molecule has 0 aromatic heterocycles. The van der Waals surface area contributed by atoms with Gasteiger partial charge in [-0.05, 0) is 52.9 Å². The fourth-order valence-electron chi connectivity index (χ4n) is 6.07. The number of benzene rings is 5. The molecule has 228 valence electrons. The standard InChI is InChI=1S/C38H40ClN5Si/c1-25(29-19-10-15-27-13-6-8-17-31(27)29)43-37-33(23-40)36(42-21-12-22-45(3,4)5)34(24-41)38(35(37)39)44-26(2)30-20-11-16-28-14-7-9-18-32(28)30/h6-11,13-20,25-26,42-44H,12,21-22H2,1-5H3/t25-,26-/m1/s1. The molecule has 0 amide bonds. The Balaban J connectivity index is 1.61. The summed E-state index contributed by atoms with van der Waals surface area (Å²) >= 11 is 7.22. The van der Waals surface area contributed by atoms with E-state index >= 15 is 0 Å². The highest BCUT2D eigenvalue weighted by atomic mass is 35.5. The predicted octanol–water partition coefficient (Wildman–Crippen LogP) is 10.9. The lowest BCUT2D eigenvalue weighted by molar-refractivity contribution is 0.885. The summed E-state index contributed by atoms with van der Waals surface area (Å²) in [6.45, 7) is 11.9. The Morgan fingerprint density at radius 1 is 0.667 bits per heavy atom. The molecule has 0 spiro atoms. The first-order valence-electron chi connectivity index (χ1n) is 15.5. The fraction of sp³-hybridized carbons (Fsp3) is 0.263. The van der Waals surface area contributed by atoms with Gasteiger partial charge in [-0.3, -0.25) is 0 Å². The molecule has 0 saturated heterocycles. The van der Waals surface area contributed by atoms with Gasteiger partial charge in [0.2, 0.25) is 0 Å². The highest BCUT2D eigenvalue weighted by molar-refractivity contribution is 6.76. The van der Waals surface area contributed by atoms with E-state index in [2.05, 4.69) is 110 Å². The molecule has 0 bridgehead atoms. The third-order valence-electron chi connectivity index (χ3n) is 8.37. The number of fused-ring (bicyclic) bond motifs is 2. The van der Waals surface area contributed by atoms with Crippen LogP contribution in [0.15, 0.2) is 84.9 Å². The number of halogens is 1. The molecule has 0 heterocycles. The van der Waals surface area contributed by atoms with Crippen LogP contribution in [0.1, 0.15) is 54.6 Å². The first-order valence-corrected chi connectivity index (χ1v) is 19.6. The zero-order valence-electron chi connectivity index (χ0n) is 26.6. The maximum atomic E-state index is 10.5. The number of anilines is 3. The van der Waals surface area contributed by atoms with Crippen LogP contribution in [-0.2, 0) is 0 Å². The summed E-state index contributed by atoms with van der Waals surface area (Å²) in [5.41, 5.74) is 4.43. The average molecular weight is 630 g/mol. The van der Waals surface area contributed by atoms with Crippen molar-refractivity contribution in [2.75, 3.05) is 22.5 Å². The maximum absolute atomic E-state index is 10.5. The number of rotatable bonds is 11. The predicted molar refractivity (Wildman–Crippen MR) is 194 cm³/mol. The second-order valence-electron chi connectivity index (χ2n) is 12.9. The fourth-order valence-corrected chi connectivity index (χ4v) is 7.60. The molecular weight excluding hydrogens is 590 g/mol. The van der Waals surface area contributed by atoms with Gasteiger partial charge >= 0.3 is 0 Å². The van der Waals surface area contributed by atoms with Crippen LogP contribution < -0.4 is 16.0 Å². The largest absolute Gasteiger partial charge is 0.383 e. The molecule has 3 N–H and O–H groups in total. The summed E-state index contributed by atoms with van der Waals surface area (Å²) < 4.78 is 0.